The average Bonchev–Trinajstić information content (AvgIpc) is 3.15. The first kappa shape index (κ1) is 21.4. The summed E-state index contributed by atoms with van der Waals surface area (Å²) in [5, 5.41) is 15.6. The van der Waals surface area contributed by atoms with Crippen molar-refractivity contribution in [3.8, 4) is 5.75 Å². The number of nitrogens with one attached hydrogen (secondary N) is 2. The molecule has 4 rings (SSSR count). The number of hydrogen-bond donors (Lipinski definition) is 3. The van der Waals surface area contributed by atoms with Crippen molar-refractivity contribution >= 4 is 28.6 Å². The molecule has 3 N–H and O–H groups in total. The summed E-state index contributed by atoms with van der Waals surface area (Å²) in [6.07, 6.45) is -0.528. The van der Waals surface area contributed by atoms with Crippen molar-refractivity contribution in [3.63, 3.8) is 0 Å². The third kappa shape index (κ3) is 5.44. The molecule has 0 aliphatic rings. The van der Waals surface area contributed by atoms with Crippen LogP contribution in [0.25, 0.3) is 11.0 Å². The van der Waals surface area contributed by atoms with Gasteiger partial charge in [-0.15, -0.1) is 0 Å². The van der Waals surface area contributed by atoms with Crippen LogP contribution in [0.1, 0.15) is 12.5 Å². The van der Waals surface area contributed by atoms with Crippen LogP contribution in [0.15, 0.2) is 78.9 Å². The van der Waals surface area contributed by atoms with E-state index in [1.54, 1.807) is 6.92 Å². The van der Waals surface area contributed by atoms with Crippen molar-refractivity contribution < 1.29 is 14.6 Å². The Kier molecular flexibility index (Phi) is 6.67. The summed E-state index contributed by atoms with van der Waals surface area (Å²) in [7, 11) is 0. The zero-order valence-corrected chi connectivity index (χ0v) is 17.9. The predicted octanol–water partition coefficient (Wildman–Crippen LogP) is 4.05. The molecule has 164 valence electrons. The van der Waals surface area contributed by atoms with E-state index in [9.17, 15) is 9.90 Å². The zero-order valence-electron chi connectivity index (χ0n) is 17.9. The summed E-state index contributed by atoms with van der Waals surface area (Å²) in [4.78, 5) is 17.3. The molecule has 7 nitrogen and oxygen atoms in total. The van der Waals surface area contributed by atoms with Gasteiger partial charge in [0.15, 0.2) is 0 Å². The number of anilines is 2. The number of fused-ring (bicyclic) bond motifs is 1. The maximum atomic E-state index is 12.7. The van der Waals surface area contributed by atoms with Crippen LogP contribution in [-0.4, -0.2) is 33.2 Å². The molecule has 0 bridgehead atoms. The van der Waals surface area contributed by atoms with Gasteiger partial charge in [-0.1, -0.05) is 42.5 Å². The molecule has 0 aliphatic carbocycles. The summed E-state index contributed by atoms with van der Waals surface area (Å²) in [5.74, 6) is 1.11. The molecular formula is C25H26N4O3. The van der Waals surface area contributed by atoms with Gasteiger partial charge in [0.2, 0.25) is 11.9 Å². The second-order valence-electron chi connectivity index (χ2n) is 7.59. The molecule has 0 spiro atoms. The fraction of sp³-hybridized carbons (Fsp3) is 0.200. The van der Waals surface area contributed by atoms with Gasteiger partial charge in [-0.05, 0) is 48.9 Å². The van der Waals surface area contributed by atoms with Crippen LogP contribution in [0.4, 0.5) is 11.6 Å². The first-order valence-corrected chi connectivity index (χ1v) is 10.5. The first-order chi connectivity index (χ1) is 15.6. The smallest absolute Gasteiger partial charge is 0.244 e. The van der Waals surface area contributed by atoms with E-state index in [1.165, 1.54) is 0 Å². The molecule has 1 unspecified atom stereocenters. The Balaban J connectivity index is 1.40. The lowest BCUT2D eigenvalue weighted by molar-refractivity contribution is -0.116. The van der Waals surface area contributed by atoms with E-state index >= 15 is 0 Å². The Morgan fingerprint density at radius 3 is 2.50 bits per heavy atom. The number of rotatable bonds is 9. The molecule has 7 heteroatoms. The highest BCUT2D eigenvalue weighted by Crippen LogP contribution is 2.21. The maximum absolute atomic E-state index is 12.7. The number of imidazole rings is 1. The number of carbonyl (C=O) groups excluding carboxylic acids is 1. The van der Waals surface area contributed by atoms with Crippen molar-refractivity contribution in [2.45, 2.75) is 26.2 Å². The predicted molar refractivity (Wildman–Crippen MR) is 126 cm³/mol. The molecule has 1 amide bonds. The van der Waals surface area contributed by atoms with E-state index in [1.807, 2.05) is 83.4 Å². The molecule has 3 aromatic carbocycles. The quantitative estimate of drug-likeness (QED) is 0.373. The van der Waals surface area contributed by atoms with Crippen molar-refractivity contribution in [1.82, 2.24) is 9.55 Å². The standard InChI is InChI=1S/C25H26N4O3/c1-18(30)15-26-25-28-22-9-5-6-10-23(22)29(25)16-24(31)27-20-11-13-21(14-12-20)32-17-19-7-3-2-4-8-19/h2-14,18,30H,15-17H2,1H3,(H,26,28)(H,27,31). The normalized spacial score (nSPS) is 11.8. The molecule has 1 aromatic heterocycles. The molecule has 4 aromatic rings. The van der Waals surface area contributed by atoms with E-state index in [0.717, 1.165) is 22.3 Å². The van der Waals surface area contributed by atoms with Crippen LogP contribution in [0.5, 0.6) is 5.75 Å². The monoisotopic (exact) mass is 430 g/mol. The van der Waals surface area contributed by atoms with Crippen LogP contribution < -0.4 is 15.4 Å². The molecule has 0 aliphatic heterocycles. The summed E-state index contributed by atoms with van der Waals surface area (Å²) >= 11 is 0. The van der Waals surface area contributed by atoms with Crippen LogP contribution in [-0.2, 0) is 17.9 Å². The van der Waals surface area contributed by atoms with Gasteiger partial charge in [0, 0.05) is 12.2 Å². The first-order valence-electron chi connectivity index (χ1n) is 10.5. The summed E-state index contributed by atoms with van der Waals surface area (Å²) in [6, 6.07) is 24.9. The molecule has 0 fully saturated rings. The Morgan fingerprint density at radius 1 is 1.03 bits per heavy atom. The van der Waals surface area contributed by atoms with Gasteiger partial charge < -0.3 is 25.0 Å². The largest absolute Gasteiger partial charge is 0.489 e. The summed E-state index contributed by atoms with van der Waals surface area (Å²) in [6.45, 7) is 2.62. The number of hydrogen-bond acceptors (Lipinski definition) is 5. The van der Waals surface area contributed by atoms with Gasteiger partial charge in [0.25, 0.3) is 0 Å². The fourth-order valence-electron chi connectivity index (χ4n) is 3.33. The minimum Gasteiger partial charge on any atom is -0.489 e. The van der Waals surface area contributed by atoms with Crippen LogP contribution in [0.3, 0.4) is 0 Å². The maximum Gasteiger partial charge on any atom is 0.244 e. The van der Waals surface area contributed by atoms with Crippen molar-refractivity contribution in [3.05, 3.63) is 84.4 Å². The second-order valence-corrected chi connectivity index (χ2v) is 7.59. The third-order valence-electron chi connectivity index (χ3n) is 4.90. The van der Waals surface area contributed by atoms with E-state index in [0.29, 0.717) is 24.8 Å². The van der Waals surface area contributed by atoms with Crippen molar-refractivity contribution in [1.29, 1.82) is 0 Å². The Bertz CT molecular complexity index is 1170. The van der Waals surface area contributed by atoms with E-state index in [2.05, 4.69) is 15.6 Å². The molecular weight excluding hydrogens is 404 g/mol. The number of ether oxygens (including phenoxy) is 1. The number of benzene rings is 3. The average molecular weight is 431 g/mol. The van der Waals surface area contributed by atoms with Gasteiger partial charge in [-0.3, -0.25) is 4.79 Å². The molecule has 1 atom stereocenters. The summed E-state index contributed by atoms with van der Waals surface area (Å²) in [5.41, 5.74) is 3.41. The molecule has 32 heavy (non-hydrogen) atoms. The van der Waals surface area contributed by atoms with Gasteiger partial charge in [-0.25, -0.2) is 4.98 Å². The number of nitrogens with zero attached hydrogens (tertiary/aromatic N) is 2. The minimum absolute atomic E-state index is 0.0922. The minimum atomic E-state index is -0.528. The Hall–Kier alpha value is -3.84. The molecule has 0 radical (unpaired) electrons. The zero-order chi connectivity index (χ0) is 22.3. The van der Waals surface area contributed by atoms with Gasteiger partial charge >= 0.3 is 0 Å². The number of carbonyl (C=O) groups is 1. The van der Waals surface area contributed by atoms with E-state index in [4.69, 9.17) is 4.74 Å². The van der Waals surface area contributed by atoms with Gasteiger partial charge in [0.05, 0.1) is 17.1 Å². The van der Waals surface area contributed by atoms with Crippen LogP contribution >= 0.6 is 0 Å². The number of aromatic nitrogens is 2. The highest BCUT2D eigenvalue weighted by molar-refractivity contribution is 5.92. The van der Waals surface area contributed by atoms with E-state index in [-0.39, 0.29) is 12.5 Å². The highest BCUT2D eigenvalue weighted by atomic mass is 16.5. The number of para-hydroxylation sites is 2. The molecule has 0 saturated heterocycles. The topological polar surface area (TPSA) is 88.4 Å². The number of aliphatic hydroxyl groups is 1. The Labute approximate surface area is 186 Å². The van der Waals surface area contributed by atoms with Gasteiger partial charge in [-0.2, -0.15) is 0 Å². The SMILES string of the molecule is CC(O)CNc1nc2ccccc2n1CC(=O)Nc1ccc(OCc2ccccc2)cc1. The fourth-order valence-corrected chi connectivity index (χ4v) is 3.33. The highest BCUT2D eigenvalue weighted by Gasteiger charge is 2.14. The molecule has 0 saturated carbocycles. The second kappa shape index (κ2) is 9.98. The lowest BCUT2D eigenvalue weighted by Gasteiger charge is -2.12. The van der Waals surface area contributed by atoms with Crippen LogP contribution in [0.2, 0.25) is 0 Å². The van der Waals surface area contributed by atoms with Crippen LogP contribution in [0, 0.1) is 0 Å². The molecule has 1 heterocycles. The lowest BCUT2D eigenvalue weighted by Crippen LogP contribution is -2.22. The lowest BCUT2D eigenvalue weighted by atomic mass is 10.2. The van der Waals surface area contributed by atoms with Crippen molar-refractivity contribution in [2.24, 2.45) is 0 Å². The van der Waals surface area contributed by atoms with Gasteiger partial charge in [0.1, 0.15) is 18.9 Å². The number of amides is 1. The van der Waals surface area contributed by atoms with E-state index < -0.39 is 6.10 Å². The number of aliphatic hydroxyl groups excluding tert-OH is 1. The summed E-state index contributed by atoms with van der Waals surface area (Å²) < 4.78 is 7.60. The van der Waals surface area contributed by atoms with Crippen molar-refractivity contribution in [2.75, 3.05) is 17.2 Å². The Morgan fingerprint density at radius 2 is 1.75 bits per heavy atom. The third-order valence-corrected chi connectivity index (χ3v) is 4.90.